The Bertz CT molecular complexity index is 628. The minimum atomic E-state index is -3.76. The SMILES string of the molecule is CC(C)(C)OC(=O)C(CS(=O)(=O)Cc1ccccc1)C(=O)O. The van der Waals surface area contributed by atoms with E-state index in [1.807, 2.05) is 0 Å². The number of ether oxygens (including phenoxy) is 1. The summed E-state index contributed by atoms with van der Waals surface area (Å²) in [6, 6.07) is 8.37. The number of aliphatic carboxylic acids is 1. The molecule has 0 spiro atoms. The van der Waals surface area contributed by atoms with Crippen molar-refractivity contribution in [2.75, 3.05) is 5.75 Å². The van der Waals surface area contributed by atoms with Gasteiger partial charge < -0.3 is 9.84 Å². The Balaban J connectivity index is 2.86. The van der Waals surface area contributed by atoms with E-state index in [-0.39, 0.29) is 5.75 Å². The molecule has 1 aromatic rings. The smallest absolute Gasteiger partial charge is 0.321 e. The first-order chi connectivity index (χ1) is 10.0. The van der Waals surface area contributed by atoms with E-state index in [2.05, 4.69) is 0 Å². The minimum absolute atomic E-state index is 0.319. The molecule has 122 valence electrons. The zero-order chi connectivity index (χ0) is 17.0. The van der Waals surface area contributed by atoms with E-state index in [9.17, 15) is 18.0 Å². The lowest BCUT2D eigenvalue weighted by molar-refractivity contribution is -0.165. The van der Waals surface area contributed by atoms with Crippen molar-refractivity contribution in [1.82, 2.24) is 0 Å². The zero-order valence-electron chi connectivity index (χ0n) is 12.8. The summed E-state index contributed by atoms with van der Waals surface area (Å²) in [5.74, 6) is -5.39. The number of hydrogen-bond donors (Lipinski definition) is 1. The molecule has 0 aliphatic rings. The normalized spacial score (nSPS) is 13.4. The summed E-state index contributed by atoms with van der Waals surface area (Å²) in [6.45, 7) is 4.76. The number of carboxylic acids is 1. The van der Waals surface area contributed by atoms with Crippen LogP contribution in [0.25, 0.3) is 0 Å². The van der Waals surface area contributed by atoms with Gasteiger partial charge in [0.25, 0.3) is 0 Å². The van der Waals surface area contributed by atoms with Crippen molar-refractivity contribution in [1.29, 1.82) is 0 Å². The summed E-state index contributed by atoms with van der Waals surface area (Å²) < 4.78 is 29.2. The predicted octanol–water partition coefficient (Wildman–Crippen LogP) is 1.64. The van der Waals surface area contributed by atoms with Crippen LogP contribution in [0.1, 0.15) is 26.3 Å². The van der Waals surface area contributed by atoms with Crippen LogP contribution in [0.5, 0.6) is 0 Å². The molecule has 0 aromatic heterocycles. The first kappa shape index (κ1) is 18.2. The molecule has 0 fully saturated rings. The monoisotopic (exact) mass is 328 g/mol. The number of sulfone groups is 1. The van der Waals surface area contributed by atoms with Crippen LogP contribution in [-0.4, -0.2) is 36.8 Å². The molecular weight excluding hydrogens is 308 g/mol. The van der Waals surface area contributed by atoms with Crippen molar-refractivity contribution >= 4 is 21.8 Å². The Kier molecular flexibility index (Phi) is 5.71. The second-order valence-electron chi connectivity index (χ2n) is 5.96. The fourth-order valence-corrected chi connectivity index (χ4v) is 3.36. The van der Waals surface area contributed by atoms with Crippen LogP contribution in [0, 0.1) is 5.92 Å². The van der Waals surface area contributed by atoms with Crippen LogP contribution in [0.4, 0.5) is 0 Å². The third kappa shape index (κ3) is 6.26. The summed E-state index contributed by atoms with van der Waals surface area (Å²) in [5, 5.41) is 9.10. The topological polar surface area (TPSA) is 97.7 Å². The van der Waals surface area contributed by atoms with Crippen molar-refractivity contribution in [3.05, 3.63) is 35.9 Å². The molecule has 0 amide bonds. The Morgan fingerprint density at radius 2 is 1.73 bits per heavy atom. The molecule has 1 aromatic carbocycles. The fourth-order valence-electron chi connectivity index (χ4n) is 1.75. The van der Waals surface area contributed by atoms with E-state index in [1.54, 1.807) is 51.1 Å². The molecule has 0 saturated carbocycles. The Labute approximate surface area is 130 Å². The van der Waals surface area contributed by atoms with Crippen molar-refractivity contribution in [3.63, 3.8) is 0 Å². The predicted molar refractivity (Wildman–Crippen MR) is 80.9 cm³/mol. The van der Waals surface area contributed by atoms with Gasteiger partial charge in [0.2, 0.25) is 0 Å². The third-order valence-electron chi connectivity index (χ3n) is 2.64. The average molecular weight is 328 g/mol. The lowest BCUT2D eigenvalue weighted by Crippen LogP contribution is -2.37. The highest BCUT2D eigenvalue weighted by Crippen LogP contribution is 2.15. The average Bonchev–Trinajstić information content (AvgIpc) is 2.34. The first-order valence-corrected chi connectivity index (χ1v) is 8.52. The molecule has 0 aliphatic carbocycles. The highest BCUT2D eigenvalue weighted by Gasteiger charge is 2.35. The highest BCUT2D eigenvalue weighted by atomic mass is 32.2. The van der Waals surface area contributed by atoms with Gasteiger partial charge in [0.15, 0.2) is 15.8 Å². The van der Waals surface area contributed by atoms with Crippen LogP contribution in [-0.2, 0) is 29.9 Å². The molecule has 1 N–H and O–H groups in total. The van der Waals surface area contributed by atoms with Gasteiger partial charge in [0.1, 0.15) is 5.60 Å². The van der Waals surface area contributed by atoms with Gasteiger partial charge >= 0.3 is 11.9 Å². The fraction of sp³-hybridized carbons (Fsp3) is 0.467. The summed E-state index contributed by atoms with van der Waals surface area (Å²) in [5.41, 5.74) is -0.343. The van der Waals surface area contributed by atoms with E-state index >= 15 is 0 Å². The molecule has 0 aliphatic heterocycles. The minimum Gasteiger partial charge on any atom is -0.481 e. The summed E-state index contributed by atoms with van der Waals surface area (Å²) in [7, 11) is -3.76. The molecular formula is C15H20O6S. The van der Waals surface area contributed by atoms with Crippen LogP contribution in [0.2, 0.25) is 0 Å². The van der Waals surface area contributed by atoms with E-state index in [0.29, 0.717) is 5.56 Å². The van der Waals surface area contributed by atoms with E-state index < -0.39 is 39.0 Å². The Morgan fingerprint density at radius 3 is 2.18 bits per heavy atom. The lowest BCUT2D eigenvalue weighted by atomic mass is 10.1. The second kappa shape index (κ2) is 6.91. The molecule has 22 heavy (non-hydrogen) atoms. The summed E-state index contributed by atoms with van der Waals surface area (Å²) in [4.78, 5) is 23.1. The molecule has 1 atom stereocenters. The Hall–Kier alpha value is -1.89. The maximum Gasteiger partial charge on any atom is 0.321 e. The van der Waals surface area contributed by atoms with Crippen molar-refractivity contribution in [3.8, 4) is 0 Å². The van der Waals surface area contributed by atoms with Gasteiger partial charge in [-0.1, -0.05) is 30.3 Å². The van der Waals surface area contributed by atoms with Gasteiger partial charge in [-0.25, -0.2) is 8.42 Å². The number of esters is 1. The molecule has 0 bridgehead atoms. The van der Waals surface area contributed by atoms with Gasteiger partial charge in [0, 0.05) is 0 Å². The van der Waals surface area contributed by atoms with Crippen molar-refractivity contribution < 1.29 is 27.9 Å². The first-order valence-electron chi connectivity index (χ1n) is 6.70. The number of carbonyl (C=O) groups is 2. The number of rotatable bonds is 6. The second-order valence-corrected chi connectivity index (χ2v) is 8.07. The number of carbonyl (C=O) groups excluding carboxylic acids is 1. The molecule has 1 unspecified atom stereocenters. The quantitative estimate of drug-likeness (QED) is 0.630. The highest BCUT2D eigenvalue weighted by molar-refractivity contribution is 7.90. The van der Waals surface area contributed by atoms with E-state index in [0.717, 1.165) is 0 Å². The van der Waals surface area contributed by atoms with E-state index in [4.69, 9.17) is 9.84 Å². The summed E-state index contributed by atoms with van der Waals surface area (Å²) in [6.07, 6.45) is 0. The zero-order valence-corrected chi connectivity index (χ0v) is 13.6. The van der Waals surface area contributed by atoms with Crippen LogP contribution in [0.3, 0.4) is 0 Å². The van der Waals surface area contributed by atoms with Gasteiger partial charge in [-0.05, 0) is 26.3 Å². The van der Waals surface area contributed by atoms with Crippen molar-refractivity contribution in [2.24, 2.45) is 5.92 Å². The third-order valence-corrected chi connectivity index (χ3v) is 4.25. The molecule has 7 heteroatoms. The lowest BCUT2D eigenvalue weighted by Gasteiger charge is -2.22. The molecule has 6 nitrogen and oxygen atoms in total. The van der Waals surface area contributed by atoms with Gasteiger partial charge in [-0.2, -0.15) is 0 Å². The summed E-state index contributed by atoms with van der Waals surface area (Å²) >= 11 is 0. The molecule has 0 heterocycles. The Morgan fingerprint density at radius 1 is 1.18 bits per heavy atom. The number of carboxylic acid groups (broad SMARTS) is 1. The van der Waals surface area contributed by atoms with Gasteiger partial charge in [-0.3, -0.25) is 9.59 Å². The maximum atomic E-state index is 12.1. The van der Waals surface area contributed by atoms with Crippen molar-refractivity contribution in [2.45, 2.75) is 32.1 Å². The number of hydrogen-bond acceptors (Lipinski definition) is 5. The molecule has 0 radical (unpaired) electrons. The maximum absolute atomic E-state index is 12.1. The van der Waals surface area contributed by atoms with Crippen LogP contribution >= 0.6 is 0 Å². The van der Waals surface area contributed by atoms with Gasteiger partial charge in [-0.15, -0.1) is 0 Å². The largest absolute Gasteiger partial charge is 0.481 e. The van der Waals surface area contributed by atoms with Gasteiger partial charge in [0.05, 0.1) is 11.5 Å². The van der Waals surface area contributed by atoms with Crippen LogP contribution < -0.4 is 0 Å². The standard InChI is InChI=1S/C15H20O6S/c1-15(2,3)21-14(18)12(13(16)17)10-22(19,20)9-11-7-5-4-6-8-11/h4-8,12H,9-10H2,1-3H3,(H,16,17). The van der Waals surface area contributed by atoms with E-state index in [1.165, 1.54) is 0 Å². The molecule has 0 saturated heterocycles. The number of benzene rings is 1. The van der Waals surface area contributed by atoms with Crippen LogP contribution in [0.15, 0.2) is 30.3 Å². The molecule has 1 rings (SSSR count).